The quantitative estimate of drug-likeness (QED) is 0.644. The van der Waals surface area contributed by atoms with E-state index in [1.807, 2.05) is 0 Å². The molecule has 0 heterocycles. The van der Waals surface area contributed by atoms with Crippen molar-refractivity contribution in [3.05, 3.63) is 35.4 Å². The van der Waals surface area contributed by atoms with Crippen molar-refractivity contribution >= 4 is 11.6 Å². The van der Waals surface area contributed by atoms with Gasteiger partial charge in [-0.25, -0.2) is 0 Å². The van der Waals surface area contributed by atoms with Crippen LogP contribution in [-0.2, 0) is 12.8 Å². The second-order valence-corrected chi connectivity index (χ2v) is 4.28. The van der Waals surface area contributed by atoms with Gasteiger partial charge in [-0.1, -0.05) is 38.1 Å². The highest BCUT2D eigenvalue weighted by molar-refractivity contribution is 6.18. The molecule has 0 spiro atoms. The minimum atomic E-state index is 0.627. The van der Waals surface area contributed by atoms with Gasteiger partial charge in [0.05, 0.1) is 0 Å². The Morgan fingerprint density at radius 2 is 1.71 bits per heavy atom. The van der Waals surface area contributed by atoms with Gasteiger partial charge in [0.2, 0.25) is 0 Å². The molecule has 0 aromatic heterocycles. The summed E-state index contributed by atoms with van der Waals surface area (Å²) in [5.41, 5.74) is 2.85. The first-order chi connectivity index (χ1) is 6.76. The summed E-state index contributed by atoms with van der Waals surface area (Å²) >= 11 is 5.77. The summed E-state index contributed by atoms with van der Waals surface area (Å²) in [6, 6.07) is 8.92. The van der Waals surface area contributed by atoms with Gasteiger partial charge in [-0.2, -0.15) is 0 Å². The van der Waals surface area contributed by atoms with Crippen LogP contribution in [0.25, 0.3) is 0 Å². The Hall–Kier alpha value is -0.490. The molecule has 1 unspecified atom stereocenters. The fraction of sp³-hybridized carbons (Fsp3) is 0.538. The first-order valence-electron chi connectivity index (χ1n) is 5.40. The van der Waals surface area contributed by atoms with Gasteiger partial charge < -0.3 is 0 Å². The minimum Gasteiger partial charge on any atom is -0.126 e. The van der Waals surface area contributed by atoms with Crippen molar-refractivity contribution in [2.24, 2.45) is 5.92 Å². The van der Waals surface area contributed by atoms with E-state index < -0.39 is 0 Å². The predicted molar refractivity (Wildman–Crippen MR) is 64.0 cm³/mol. The molecule has 0 nitrogen and oxygen atoms in total. The largest absolute Gasteiger partial charge is 0.126 e. The van der Waals surface area contributed by atoms with Gasteiger partial charge in [-0.05, 0) is 36.3 Å². The molecule has 1 atom stereocenters. The van der Waals surface area contributed by atoms with Crippen molar-refractivity contribution in [3.63, 3.8) is 0 Å². The van der Waals surface area contributed by atoms with Crippen LogP contribution in [0.4, 0.5) is 0 Å². The summed E-state index contributed by atoms with van der Waals surface area (Å²) in [4.78, 5) is 0. The van der Waals surface area contributed by atoms with Gasteiger partial charge in [-0.3, -0.25) is 0 Å². The lowest BCUT2D eigenvalue weighted by atomic mass is 10.0. The average Bonchev–Trinajstić information content (AvgIpc) is 2.26. The van der Waals surface area contributed by atoms with Gasteiger partial charge in [0.15, 0.2) is 0 Å². The van der Waals surface area contributed by atoms with Crippen LogP contribution in [0.1, 0.15) is 31.4 Å². The maximum absolute atomic E-state index is 5.77. The number of hydrogen-bond acceptors (Lipinski definition) is 0. The van der Waals surface area contributed by atoms with Crippen molar-refractivity contribution in [1.29, 1.82) is 0 Å². The van der Waals surface area contributed by atoms with E-state index in [0.29, 0.717) is 5.92 Å². The maximum atomic E-state index is 5.77. The standard InChI is InChI=1S/C13H19Cl/c1-3-12-6-8-13(9-7-12)5-4-11(2)10-14/h6-9,11H,3-5,10H2,1-2H3. The Bertz CT molecular complexity index is 250. The molecule has 78 valence electrons. The fourth-order valence-electron chi connectivity index (χ4n) is 1.43. The lowest BCUT2D eigenvalue weighted by molar-refractivity contribution is 0.593. The first-order valence-corrected chi connectivity index (χ1v) is 5.93. The third kappa shape index (κ3) is 3.71. The second kappa shape index (κ2) is 6.08. The Balaban J connectivity index is 2.43. The van der Waals surface area contributed by atoms with Gasteiger partial charge >= 0.3 is 0 Å². The molecule has 0 radical (unpaired) electrons. The minimum absolute atomic E-state index is 0.627. The molecule has 0 aliphatic rings. The normalized spacial score (nSPS) is 12.8. The zero-order valence-corrected chi connectivity index (χ0v) is 9.85. The molecule has 1 aromatic carbocycles. The molecule has 0 saturated heterocycles. The summed E-state index contributed by atoms with van der Waals surface area (Å²) in [5, 5.41) is 0. The van der Waals surface area contributed by atoms with Crippen molar-refractivity contribution in [2.75, 3.05) is 5.88 Å². The zero-order chi connectivity index (χ0) is 10.4. The smallest absolute Gasteiger partial charge is 0.0249 e. The number of hydrogen-bond donors (Lipinski definition) is 0. The molecule has 1 aromatic rings. The fourth-order valence-corrected chi connectivity index (χ4v) is 1.59. The van der Waals surface area contributed by atoms with E-state index in [2.05, 4.69) is 38.1 Å². The Morgan fingerprint density at radius 3 is 2.21 bits per heavy atom. The number of benzene rings is 1. The van der Waals surface area contributed by atoms with Crippen LogP contribution >= 0.6 is 11.6 Å². The Labute approximate surface area is 92.3 Å². The molecule has 0 saturated carbocycles. The Morgan fingerprint density at radius 1 is 1.14 bits per heavy atom. The molecule has 0 aliphatic heterocycles. The summed E-state index contributed by atoms with van der Waals surface area (Å²) in [5.74, 6) is 1.40. The predicted octanol–water partition coefficient (Wildman–Crippen LogP) is 4.06. The molecule has 14 heavy (non-hydrogen) atoms. The van der Waals surface area contributed by atoms with Gasteiger partial charge in [0.1, 0.15) is 0 Å². The molecule has 0 amide bonds. The van der Waals surface area contributed by atoms with Crippen molar-refractivity contribution in [2.45, 2.75) is 33.1 Å². The van der Waals surface area contributed by atoms with Crippen LogP contribution in [0, 0.1) is 5.92 Å². The molecule has 1 rings (SSSR count). The van der Waals surface area contributed by atoms with Gasteiger partial charge in [0.25, 0.3) is 0 Å². The zero-order valence-electron chi connectivity index (χ0n) is 9.09. The van der Waals surface area contributed by atoms with Crippen molar-refractivity contribution in [1.82, 2.24) is 0 Å². The molecule has 0 aliphatic carbocycles. The number of aryl methyl sites for hydroxylation is 2. The van der Waals surface area contributed by atoms with E-state index in [9.17, 15) is 0 Å². The van der Waals surface area contributed by atoms with E-state index >= 15 is 0 Å². The molecule has 1 heteroatoms. The topological polar surface area (TPSA) is 0 Å². The van der Waals surface area contributed by atoms with Crippen LogP contribution in [0.5, 0.6) is 0 Å². The van der Waals surface area contributed by atoms with Crippen LogP contribution in [0.3, 0.4) is 0 Å². The van der Waals surface area contributed by atoms with E-state index in [1.165, 1.54) is 17.5 Å². The van der Waals surface area contributed by atoms with E-state index in [1.54, 1.807) is 0 Å². The monoisotopic (exact) mass is 210 g/mol. The van der Waals surface area contributed by atoms with E-state index in [0.717, 1.165) is 18.7 Å². The van der Waals surface area contributed by atoms with E-state index in [4.69, 9.17) is 11.6 Å². The highest BCUT2D eigenvalue weighted by Crippen LogP contribution is 2.12. The summed E-state index contributed by atoms with van der Waals surface area (Å²) < 4.78 is 0. The highest BCUT2D eigenvalue weighted by atomic mass is 35.5. The van der Waals surface area contributed by atoms with Gasteiger partial charge in [-0.15, -0.1) is 11.6 Å². The van der Waals surface area contributed by atoms with Crippen molar-refractivity contribution < 1.29 is 0 Å². The Kier molecular flexibility index (Phi) is 5.03. The SMILES string of the molecule is CCc1ccc(CCC(C)CCl)cc1. The number of halogens is 1. The number of rotatable bonds is 5. The lowest BCUT2D eigenvalue weighted by Gasteiger charge is -2.07. The summed E-state index contributed by atoms with van der Waals surface area (Å²) in [6.07, 6.45) is 3.46. The first kappa shape index (κ1) is 11.6. The van der Waals surface area contributed by atoms with Crippen LogP contribution in [0.2, 0.25) is 0 Å². The lowest BCUT2D eigenvalue weighted by Crippen LogP contribution is -1.98. The highest BCUT2D eigenvalue weighted by Gasteiger charge is 2.00. The van der Waals surface area contributed by atoms with Crippen LogP contribution < -0.4 is 0 Å². The molecule has 0 fully saturated rings. The third-order valence-corrected chi connectivity index (χ3v) is 3.15. The van der Waals surface area contributed by atoms with Gasteiger partial charge in [0, 0.05) is 5.88 Å². The molecular formula is C13H19Cl. The third-order valence-electron chi connectivity index (χ3n) is 2.62. The molecule has 0 bridgehead atoms. The van der Waals surface area contributed by atoms with Crippen LogP contribution in [0.15, 0.2) is 24.3 Å². The second-order valence-electron chi connectivity index (χ2n) is 3.97. The van der Waals surface area contributed by atoms with E-state index in [-0.39, 0.29) is 0 Å². The molecule has 0 N–H and O–H groups in total. The molecular weight excluding hydrogens is 192 g/mol. The van der Waals surface area contributed by atoms with Crippen LogP contribution in [-0.4, -0.2) is 5.88 Å². The summed E-state index contributed by atoms with van der Waals surface area (Å²) in [6.45, 7) is 4.39. The summed E-state index contributed by atoms with van der Waals surface area (Å²) in [7, 11) is 0. The maximum Gasteiger partial charge on any atom is 0.0249 e. The van der Waals surface area contributed by atoms with Crippen molar-refractivity contribution in [3.8, 4) is 0 Å². The average molecular weight is 211 g/mol. The number of alkyl halides is 1.